The maximum absolute atomic E-state index is 13.1. The van der Waals surface area contributed by atoms with Gasteiger partial charge in [-0.05, 0) is 207 Å². The number of carboxylic acid groups (broad SMARTS) is 1. The number of fused-ring (bicyclic) bond motifs is 3. The Morgan fingerprint density at radius 2 is 0.782 bits per heavy atom. The van der Waals surface area contributed by atoms with E-state index >= 15 is 0 Å². The third-order valence-corrected chi connectivity index (χ3v) is 17.8. The largest absolute Gasteiger partial charge is 0.479 e. The Balaban J connectivity index is 0.000000236. The van der Waals surface area contributed by atoms with Crippen molar-refractivity contribution >= 4 is 126 Å². The zero-order valence-electron chi connectivity index (χ0n) is 60.9. The van der Waals surface area contributed by atoms with Crippen LogP contribution in [0.5, 0.6) is 0 Å². The summed E-state index contributed by atoms with van der Waals surface area (Å²) in [5, 5.41) is 29.2. The number of methoxy groups -OCH3 is 2. The van der Waals surface area contributed by atoms with E-state index in [0.717, 1.165) is 112 Å². The van der Waals surface area contributed by atoms with E-state index in [1.54, 1.807) is 12.4 Å². The van der Waals surface area contributed by atoms with Crippen molar-refractivity contribution in [3.8, 4) is 33.4 Å². The molecule has 0 saturated carbocycles. The number of aromatic amines is 3. The Morgan fingerprint density at radius 1 is 0.465 bits per heavy atom. The Bertz CT molecular complexity index is 4750. The first-order valence-corrected chi connectivity index (χ1v) is 33.3. The molecule has 19 nitrogen and oxygen atoms in total. The number of carbonyl (C=O) groups is 3. The van der Waals surface area contributed by atoms with Gasteiger partial charge in [0.15, 0.2) is 18.3 Å². The molecular weight excluding hydrogens is 1400 g/mol. The number of hydrogen-bond donors (Lipinski definition) is 4. The topological polar surface area (TPSA) is 239 Å². The van der Waals surface area contributed by atoms with Crippen LogP contribution in [0.25, 0.3) is 66.5 Å². The highest BCUT2D eigenvalue weighted by Gasteiger charge is 2.38. The number of carbonyl (C=O) groups excluding carboxylic acids is 2. The fraction of sp³-hybridized carbons (Fsp3) is 0.368. The molecule has 101 heavy (non-hydrogen) atoms. The first-order chi connectivity index (χ1) is 46.0. The molecule has 0 bridgehead atoms. The highest BCUT2D eigenvalue weighted by molar-refractivity contribution is 7.59. The van der Waals surface area contributed by atoms with Gasteiger partial charge in [0.2, 0.25) is 0 Å². The molecule has 0 spiro atoms. The van der Waals surface area contributed by atoms with Gasteiger partial charge in [-0.3, -0.25) is 10.2 Å². The summed E-state index contributed by atoms with van der Waals surface area (Å²) in [6, 6.07) is 26.6. The van der Waals surface area contributed by atoms with Gasteiger partial charge in [0.25, 0.3) is 0 Å². The number of aromatic nitrogens is 10. The average Bonchev–Trinajstić information content (AvgIpc) is 1.64. The molecule has 0 aliphatic carbocycles. The molecule has 0 aliphatic rings. The van der Waals surface area contributed by atoms with Crippen LogP contribution in [-0.4, -0.2) is 104 Å². The van der Waals surface area contributed by atoms with Gasteiger partial charge < -0.3 is 42.9 Å². The number of hydrogen-bond acceptors (Lipinski definition) is 13. The van der Waals surface area contributed by atoms with Gasteiger partial charge in [0, 0.05) is 111 Å². The number of aliphatic carboxylic acids is 1. The predicted octanol–water partition coefficient (Wildman–Crippen LogP) is 18.3. The number of carboxylic acids is 1. The number of nitrogens with one attached hydrogen (secondary N) is 3. The highest BCUT2D eigenvalue weighted by Crippen LogP contribution is 2.46. The molecule has 8 aromatic heterocycles. The summed E-state index contributed by atoms with van der Waals surface area (Å²) in [5.74, 6) is -1.98. The first-order valence-electron chi connectivity index (χ1n) is 32.2. The molecule has 0 aliphatic heterocycles. The lowest BCUT2D eigenvalue weighted by atomic mass is 9.91. The Hall–Kier alpha value is -7.64. The van der Waals surface area contributed by atoms with E-state index < -0.39 is 53.0 Å². The van der Waals surface area contributed by atoms with Crippen molar-refractivity contribution in [3.05, 3.63) is 191 Å². The molecule has 4 N–H and O–H groups in total. The van der Waals surface area contributed by atoms with Gasteiger partial charge in [-0.25, -0.2) is 29.3 Å². The molecule has 3 aromatic carbocycles. The number of aryl methyl sites for hydroxylation is 7. The molecule has 8 heterocycles. The highest BCUT2D eigenvalue weighted by atomic mass is 35.5. The van der Waals surface area contributed by atoms with E-state index in [1.807, 2.05) is 196 Å². The van der Waals surface area contributed by atoms with Crippen LogP contribution >= 0.6 is 75.3 Å². The quantitative estimate of drug-likeness (QED) is 0.0658. The third kappa shape index (κ3) is 18.2. The molecule has 0 radical (unpaired) electrons. The fourth-order valence-electron chi connectivity index (χ4n) is 12.4. The Kier molecular flexibility index (Phi) is 27.1. The maximum atomic E-state index is 13.1. The summed E-state index contributed by atoms with van der Waals surface area (Å²) >= 11 is 18.5. The second-order valence-corrected chi connectivity index (χ2v) is 28.8. The van der Waals surface area contributed by atoms with E-state index in [0.29, 0.717) is 61.9 Å². The van der Waals surface area contributed by atoms with E-state index in [-0.39, 0.29) is 40.5 Å². The zero-order valence-corrected chi connectivity index (χ0v) is 66.1. The van der Waals surface area contributed by atoms with Crippen LogP contribution in [0.1, 0.15) is 160 Å². The van der Waals surface area contributed by atoms with Gasteiger partial charge in [-0.2, -0.15) is 50.7 Å². The number of esters is 2. The summed E-state index contributed by atoms with van der Waals surface area (Å²) in [6.07, 6.45) is 0.429. The molecule has 540 valence electrons. The van der Waals surface area contributed by atoms with Gasteiger partial charge in [0.05, 0.1) is 55.5 Å². The van der Waals surface area contributed by atoms with Gasteiger partial charge in [-0.15, -0.1) is 0 Å². The lowest BCUT2D eigenvalue weighted by Crippen LogP contribution is -2.29. The van der Waals surface area contributed by atoms with Gasteiger partial charge in [-0.1, -0.05) is 71.2 Å². The van der Waals surface area contributed by atoms with Crippen LogP contribution in [0.4, 0.5) is 0 Å². The molecular formula is C76H93Cl3N10O9S3. The lowest BCUT2D eigenvalue weighted by molar-refractivity contribution is -0.164. The monoisotopic (exact) mass is 1490 g/mol. The summed E-state index contributed by atoms with van der Waals surface area (Å²) < 4.78 is 33.2. The summed E-state index contributed by atoms with van der Waals surface area (Å²) in [5.41, 5.74) is 18.2. The minimum absolute atomic E-state index is 0. The van der Waals surface area contributed by atoms with Crippen LogP contribution in [-0.2, 0) is 51.2 Å². The van der Waals surface area contributed by atoms with Crippen molar-refractivity contribution in [2.75, 3.05) is 14.2 Å². The summed E-state index contributed by atoms with van der Waals surface area (Å²) in [4.78, 5) is 56.4. The van der Waals surface area contributed by atoms with Crippen LogP contribution in [0.2, 0.25) is 15.1 Å². The SMILES string of the molecule is COC(=O)[C@@H](OC(C)(C)C)c1c(C)nc2[nH]c(C)c(C)c2c1-c1ccc(Cl)cc1.COC(=O)[C@@H](OC(C)(C)C)c1c(C)nc2c(c(C)c(C)n2Cc2ccn[nH]2)c1-c1ccc(Cl)cc1.Cc1nc2c(c(C)c(C)n2Cc2ccn[nH]2)c(-c2ccc(Cl)cc2)c1[C@H](OC(C)(C)C)C(=O)O.S.S.S. The second kappa shape index (κ2) is 33.2. The standard InChI is InChI=1S/C27H31ClN4O3.C26H29ClN4O3.C23H27ClN2O3.3H2S/c1-15-17(3)32(14-20-12-13-29-31-20)25-21(15)23(18-8-10-19(28)11-9-18)22(16(2)30-25)24(26(33)34-7)35-27(4,5)6;1-14-16(3)31(13-19-11-12-28-30-19)24-20(14)22(17-7-9-18(27)10-8-17)21(15(2)29-24)23(25(32)33)34-26(4,5)6;1-12-13(2)25-21-17(12)19(15-8-10-16(24)11-9-15)18(14(3)26-21)20(22(27)28-7)29-23(4,5)6;;;/h8-13,24H,14H2,1-7H3,(H,29,31);7-12,23H,13H2,1-6H3,(H,28,30)(H,32,33);8-11,20H,1-7H3,(H,25,26);3*1H2/t24-;23-;20-;;;/m000.../s1. The number of pyridine rings is 3. The minimum Gasteiger partial charge on any atom is -0.479 e. The van der Waals surface area contributed by atoms with Crippen LogP contribution in [0.3, 0.4) is 0 Å². The van der Waals surface area contributed by atoms with Crippen molar-refractivity contribution in [1.29, 1.82) is 0 Å². The van der Waals surface area contributed by atoms with Crippen molar-refractivity contribution in [3.63, 3.8) is 0 Å². The zero-order chi connectivity index (χ0) is 71.8. The summed E-state index contributed by atoms with van der Waals surface area (Å²) in [6.45, 7) is 36.2. The molecule has 3 atom stereocenters. The number of benzene rings is 3. The molecule has 11 rings (SSSR count). The number of halogens is 3. The Morgan fingerprint density at radius 3 is 1.09 bits per heavy atom. The predicted molar refractivity (Wildman–Crippen MR) is 418 cm³/mol. The molecule has 0 amide bonds. The normalized spacial score (nSPS) is 12.5. The third-order valence-electron chi connectivity index (χ3n) is 17.1. The van der Waals surface area contributed by atoms with Gasteiger partial charge >= 0.3 is 17.9 Å². The Labute approximate surface area is 626 Å². The average molecular weight is 1490 g/mol. The van der Waals surface area contributed by atoms with Crippen LogP contribution < -0.4 is 0 Å². The number of ether oxygens (including phenoxy) is 5. The molecule has 11 aromatic rings. The summed E-state index contributed by atoms with van der Waals surface area (Å²) in [7, 11) is 2.75. The van der Waals surface area contributed by atoms with E-state index in [4.69, 9.17) is 73.4 Å². The van der Waals surface area contributed by atoms with Crippen molar-refractivity contribution in [2.24, 2.45) is 0 Å². The minimum atomic E-state index is -1.18. The van der Waals surface area contributed by atoms with E-state index in [9.17, 15) is 19.5 Å². The van der Waals surface area contributed by atoms with Crippen LogP contribution in [0.15, 0.2) is 97.3 Å². The van der Waals surface area contributed by atoms with Crippen molar-refractivity contribution < 1.29 is 43.2 Å². The molecule has 25 heteroatoms. The number of rotatable bonds is 16. The van der Waals surface area contributed by atoms with Gasteiger partial charge in [0.1, 0.15) is 16.9 Å². The van der Waals surface area contributed by atoms with E-state index in [1.165, 1.54) is 14.2 Å². The maximum Gasteiger partial charge on any atom is 0.339 e. The van der Waals surface area contributed by atoms with Crippen LogP contribution in [0, 0.1) is 62.3 Å². The number of H-pyrrole nitrogens is 3. The lowest BCUT2D eigenvalue weighted by Gasteiger charge is -2.28. The second-order valence-electron chi connectivity index (χ2n) is 27.4. The molecule has 0 fully saturated rings. The van der Waals surface area contributed by atoms with E-state index in [2.05, 4.69) is 48.4 Å². The molecule has 0 unspecified atom stereocenters. The first kappa shape index (κ1) is 82.3. The molecule has 0 saturated heterocycles. The van der Waals surface area contributed by atoms with Crippen molar-refractivity contribution in [2.45, 2.75) is 173 Å². The van der Waals surface area contributed by atoms with Crippen molar-refractivity contribution in [1.82, 2.24) is 49.5 Å². The fourth-order valence-corrected chi connectivity index (χ4v) is 12.7. The smallest absolute Gasteiger partial charge is 0.339 e. The number of nitrogens with zero attached hydrogens (tertiary/aromatic N) is 7.